The molecule has 1 aliphatic carbocycles. The van der Waals surface area contributed by atoms with E-state index >= 15 is 0 Å². The van der Waals surface area contributed by atoms with Gasteiger partial charge in [0.25, 0.3) is 0 Å². The predicted octanol–water partition coefficient (Wildman–Crippen LogP) is 4.77. The molecule has 0 radical (unpaired) electrons. The minimum Gasteiger partial charge on any atom is -0.497 e. The van der Waals surface area contributed by atoms with Crippen LogP contribution < -0.4 is 14.8 Å². The molecule has 1 aliphatic heterocycles. The van der Waals surface area contributed by atoms with Crippen LogP contribution in [-0.4, -0.2) is 54.5 Å². The van der Waals surface area contributed by atoms with Crippen LogP contribution in [0.15, 0.2) is 48.5 Å². The van der Waals surface area contributed by atoms with Crippen LogP contribution in [0.25, 0.3) is 11.3 Å². The molecule has 35 heavy (non-hydrogen) atoms. The Morgan fingerprint density at radius 1 is 0.943 bits per heavy atom. The monoisotopic (exact) mass is 484 g/mol. The molecule has 2 aromatic carbocycles. The van der Waals surface area contributed by atoms with Crippen molar-refractivity contribution in [2.45, 2.75) is 18.9 Å². The number of methoxy groups -OCH3 is 1. The highest BCUT2D eigenvalue weighted by molar-refractivity contribution is 5.60. The van der Waals surface area contributed by atoms with E-state index < -0.39 is 17.5 Å². The second kappa shape index (κ2) is 10.1. The minimum atomic E-state index is -1.25. The van der Waals surface area contributed by atoms with E-state index in [1.807, 2.05) is 24.3 Å². The Balaban J connectivity index is 1.09. The van der Waals surface area contributed by atoms with E-state index in [4.69, 9.17) is 9.47 Å². The minimum absolute atomic E-state index is 0.0854. The SMILES string of the molecule is COc1ccc(OCCN2C[C@H]3CC(Nc4ccc(-c5cc(F)cc(F)c5F)nn4)C[C@H]3C2)cc1. The fourth-order valence-corrected chi connectivity index (χ4v) is 5.17. The quantitative estimate of drug-likeness (QED) is 0.465. The molecule has 2 aliphatic rings. The van der Waals surface area contributed by atoms with Crippen LogP contribution in [0, 0.1) is 29.3 Å². The molecule has 1 aromatic heterocycles. The Morgan fingerprint density at radius 2 is 1.66 bits per heavy atom. The van der Waals surface area contributed by atoms with Crippen molar-refractivity contribution in [3.05, 3.63) is 66.0 Å². The lowest BCUT2D eigenvalue weighted by molar-refractivity contribution is 0.226. The summed E-state index contributed by atoms with van der Waals surface area (Å²) in [7, 11) is 1.64. The fraction of sp³-hybridized carbons (Fsp3) is 0.385. The molecule has 0 amide bonds. The highest BCUT2D eigenvalue weighted by atomic mass is 19.2. The van der Waals surface area contributed by atoms with Crippen molar-refractivity contribution in [3.63, 3.8) is 0 Å². The lowest BCUT2D eigenvalue weighted by Gasteiger charge is -2.20. The number of halogens is 3. The topological polar surface area (TPSA) is 59.5 Å². The Labute approximate surface area is 202 Å². The van der Waals surface area contributed by atoms with Crippen LogP contribution in [-0.2, 0) is 0 Å². The molecule has 1 saturated heterocycles. The van der Waals surface area contributed by atoms with Crippen molar-refractivity contribution in [1.29, 1.82) is 0 Å². The van der Waals surface area contributed by atoms with Crippen LogP contribution in [0.5, 0.6) is 11.5 Å². The zero-order valence-electron chi connectivity index (χ0n) is 19.4. The number of hydrogen-bond donors (Lipinski definition) is 1. The van der Waals surface area contributed by atoms with Gasteiger partial charge in [-0.2, -0.15) is 0 Å². The maximum atomic E-state index is 14.0. The Kier molecular flexibility index (Phi) is 6.77. The third-order valence-electron chi connectivity index (χ3n) is 6.85. The fourth-order valence-electron chi connectivity index (χ4n) is 5.17. The van der Waals surface area contributed by atoms with E-state index in [0.29, 0.717) is 30.3 Å². The van der Waals surface area contributed by atoms with Gasteiger partial charge in [-0.25, -0.2) is 13.2 Å². The lowest BCUT2D eigenvalue weighted by Crippen LogP contribution is -2.29. The third kappa shape index (κ3) is 5.35. The van der Waals surface area contributed by atoms with Gasteiger partial charge in [0, 0.05) is 37.3 Å². The molecule has 3 atom stereocenters. The number of aromatic nitrogens is 2. The normalized spacial score (nSPS) is 21.7. The molecule has 2 fully saturated rings. The molecule has 0 spiro atoms. The number of fused-ring (bicyclic) bond motifs is 1. The summed E-state index contributed by atoms with van der Waals surface area (Å²) in [6, 6.07) is 12.5. The molecular formula is C26H27F3N4O2. The van der Waals surface area contributed by atoms with Crippen LogP contribution in [0.3, 0.4) is 0 Å². The molecule has 0 bridgehead atoms. The molecular weight excluding hydrogens is 457 g/mol. The molecule has 5 rings (SSSR count). The van der Waals surface area contributed by atoms with Crippen molar-refractivity contribution in [2.75, 3.05) is 38.7 Å². The summed E-state index contributed by atoms with van der Waals surface area (Å²) in [5, 5.41) is 11.5. The van der Waals surface area contributed by atoms with E-state index in [9.17, 15) is 13.2 Å². The van der Waals surface area contributed by atoms with Gasteiger partial charge in [-0.1, -0.05) is 0 Å². The molecule has 6 nitrogen and oxygen atoms in total. The Morgan fingerprint density at radius 3 is 2.31 bits per heavy atom. The second-order valence-electron chi connectivity index (χ2n) is 9.17. The Hall–Kier alpha value is -3.33. The number of likely N-dealkylation sites (tertiary alicyclic amines) is 1. The first kappa shape index (κ1) is 23.4. The summed E-state index contributed by atoms with van der Waals surface area (Å²) in [5.41, 5.74) is -0.157. The first-order chi connectivity index (χ1) is 17.0. The van der Waals surface area contributed by atoms with Crippen molar-refractivity contribution < 1.29 is 22.6 Å². The molecule has 9 heteroatoms. The van der Waals surface area contributed by atoms with Crippen molar-refractivity contribution in [3.8, 4) is 22.8 Å². The third-order valence-corrected chi connectivity index (χ3v) is 6.85. The predicted molar refractivity (Wildman–Crippen MR) is 126 cm³/mol. The number of benzene rings is 2. The smallest absolute Gasteiger partial charge is 0.168 e. The molecule has 1 saturated carbocycles. The summed E-state index contributed by atoms with van der Waals surface area (Å²) in [6.07, 6.45) is 2.07. The lowest BCUT2D eigenvalue weighted by atomic mass is 10.0. The largest absolute Gasteiger partial charge is 0.497 e. The van der Waals surface area contributed by atoms with Gasteiger partial charge >= 0.3 is 0 Å². The van der Waals surface area contributed by atoms with Crippen LogP contribution in [0.4, 0.5) is 19.0 Å². The molecule has 184 valence electrons. The highest BCUT2D eigenvalue weighted by Crippen LogP contribution is 2.39. The summed E-state index contributed by atoms with van der Waals surface area (Å²) < 4.78 is 52.0. The number of nitrogens with one attached hydrogen (secondary N) is 1. The average molecular weight is 485 g/mol. The highest BCUT2D eigenvalue weighted by Gasteiger charge is 2.40. The molecule has 2 heterocycles. The van der Waals surface area contributed by atoms with Gasteiger partial charge in [0.15, 0.2) is 11.6 Å². The second-order valence-corrected chi connectivity index (χ2v) is 9.17. The van der Waals surface area contributed by atoms with E-state index in [0.717, 1.165) is 50.0 Å². The standard InChI is InChI=1S/C26H27F3N4O2/c1-34-20-2-4-21(5-3-20)35-9-8-33-14-16-10-19(11-17(16)15-33)30-25-7-6-24(31-32-25)22-12-18(27)13-23(28)26(22)29/h2-7,12-13,16-17,19H,8-11,14-15H2,1H3,(H,30,32)/t16-,17+,19?. The average Bonchev–Trinajstić information content (AvgIpc) is 3.40. The Bertz CT molecular complexity index is 1150. The van der Waals surface area contributed by atoms with Crippen LogP contribution in [0.1, 0.15) is 12.8 Å². The van der Waals surface area contributed by atoms with E-state index in [-0.39, 0.29) is 17.3 Å². The number of nitrogens with zero attached hydrogens (tertiary/aromatic N) is 3. The van der Waals surface area contributed by atoms with E-state index in [1.165, 1.54) is 6.07 Å². The molecule has 1 unspecified atom stereocenters. The number of hydrogen-bond acceptors (Lipinski definition) is 6. The summed E-state index contributed by atoms with van der Waals surface area (Å²) in [5.74, 6) is 0.210. The number of rotatable bonds is 8. The maximum absolute atomic E-state index is 14.0. The van der Waals surface area contributed by atoms with Crippen LogP contribution >= 0.6 is 0 Å². The van der Waals surface area contributed by atoms with Gasteiger partial charge in [0.05, 0.1) is 12.8 Å². The van der Waals surface area contributed by atoms with Crippen molar-refractivity contribution >= 4 is 5.82 Å². The number of anilines is 1. The summed E-state index contributed by atoms with van der Waals surface area (Å²) in [4.78, 5) is 2.45. The first-order valence-corrected chi connectivity index (χ1v) is 11.7. The first-order valence-electron chi connectivity index (χ1n) is 11.7. The van der Waals surface area contributed by atoms with Gasteiger partial charge in [0.2, 0.25) is 0 Å². The zero-order chi connectivity index (χ0) is 24.4. The maximum Gasteiger partial charge on any atom is 0.168 e. The zero-order valence-corrected chi connectivity index (χ0v) is 19.4. The van der Waals surface area contributed by atoms with E-state index in [2.05, 4.69) is 20.4 Å². The van der Waals surface area contributed by atoms with Gasteiger partial charge in [-0.3, -0.25) is 4.90 Å². The molecule has 3 aromatic rings. The summed E-state index contributed by atoms with van der Waals surface area (Å²) >= 11 is 0. The van der Waals surface area contributed by atoms with Crippen molar-refractivity contribution in [2.24, 2.45) is 11.8 Å². The summed E-state index contributed by atoms with van der Waals surface area (Å²) in [6.45, 7) is 3.63. The van der Waals surface area contributed by atoms with Crippen molar-refractivity contribution in [1.82, 2.24) is 15.1 Å². The molecule has 1 N–H and O–H groups in total. The number of ether oxygens (including phenoxy) is 2. The van der Waals surface area contributed by atoms with Gasteiger partial charge < -0.3 is 14.8 Å². The van der Waals surface area contributed by atoms with Gasteiger partial charge in [-0.15, -0.1) is 10.2 Å². The van der Waals surface area contributed by atoms with E-state index in [1.54, 1.807) is 13.2 Å². The van der Waals surface area contributed by atoms with Crippen LogP contribution in [0.2, 0.25) is 0 Å². The van der Waals surface area contributed by atoms with Gasteiger partial charge in [0.1, 0.15) is 29.7 Å². The van der Waals surface area contributed by atoms with Gasteiger partial charge in [-0.05, 0) is 67.1 Å².